The number of rotatable bonds is 5. The van der Waals surface area contributed by atoms with E-state index in [-0.39, 0.29) is 29.5 Å². The summed E-state index contributed by atoms with van der Waals surface area (Å²) in [5, 5.41) is 0. The zero-order chi connectivity index (χ0) is 19.7. The maximum absolute atomic E-state index is 13.5. The molecule has 28 heavy (non-hydrogen) atoms. The number of hydrogen-bond donors (Lipinski definition) is 0. The van der Waals surface area contributed by atoms with Crippen molar-refractivity contribution in [2.75, 3.05) is 36.6 Å². The lowest BCUT2D eigenvalue weighted by Crippen LogP contribution is -2.51. The normalized spacial score (nSPS) is 24.2. The molecule has 6 nitrogen and oxygen atoms in total. The number of nitrogens with zero attached hydrogens (tertiary/aromatic N) is 2. The Balaban J connectivity index is 1.57. The number of carbonyl (C=O) groups excluding carboxylic acids is 1. The first-order valence-corrected chi connectivity index (χ1v) is 12.2. The lowest BCUT2D eigenvalue weighted by Gasteiger charge is -2.38. The van der Waals surface area contributed by atoms with Gasteiger partial charge in [-0.25, -0.2) is 8.42 Å². The minimum absolute atomic E-state index is 0.0627. The highest BCUT2D eigenvalue weighted by atomic mass is 32.2. The topological polar surface area (TPSA) is 66.9 Å². The number of anilines is 1. The SMILES string of the molecule is COc1cccc2c1N(CC(=O)N(C1CCCC1)C1CCS(=O)(=O)C1)CCC2. The molecule has 2 aliphatic heterocycles. The molecule has 1 aromatic rings. The van der Waals surface area contributed by atoms with Gasteiger partial charge in [0.2, 0.25) is 5.91 Å². The van der Waals surface area contributed by atoms with Gasteiger partial charge in [0.15, 0.2) is 9.84 Å². The van der Waals surface area contributed by atoms with Crippen molar-refractivity contribution in [2.24, 2.45) is 0 Å². The molecule has 3 aliphatic rings. The van der Waals surface area contributed by atoms with Crippen LogP contribution < -0.4 is 9.64 Å². The third kappa shape index (κ3) is 3.86. The Labute approximate surface area is 167 Å². The first kappa shape index (κ1) is 19.6. The number of fused-ring (bicyclic) bond motifs is 1. The highest BCUT2D eigenvalue weighted by Gasteiger charge is 2.39. The third-order valence-electron chi connectivity index (χ3n) is 6.43. The zero-order valence-corrected chi connectivity index (χ0v) is 17.4. The summed E-state index contributed by atoms with van der Waals surface area (Å²) in [6.07, 6.45) is 6.79. The molecule has 1 aliphatic carbocycles. The van der Waals surface area contributed by atoms with Crippen LogP contribution in [0.4, 0.5) is 5.69 Å². The molecule has 0 aromatic heterocycles. The second-order valence-electron chi connectivity index (χ2n) is 8.29. The van der Waals surface area contributed by atoms with Gasteiger partial charge in [0.05, 0.1) is 30.8 Å². The number of sulfone groups is 1. The van der Waals surface area contributed by atoms with E-state index in [1.807, 2.05) is 17.0 Å². The number of methoxy groups -OCH3 is 1. The molecule has 0 bridgehead atoms. The maximum atomic E-state index is 13.5. The molecule has 1 atom stereocenters. The highest BCUT2D eigenvalue weighted by molar-refractivity contribution is 7.91. The van der Waals surface area contributed by atoms with Crippen molar-refractivity contribution in [3.8, 4) is 5.75 Å². The van der Waals surface area contributed by atoms with Gasteiger partial charge in [-0.3, -0.25) is 4.79 Å². The van der Waals surface area contributed by atoms with Gasteiger partial charge < -0.3 is 14.5 Å². The number of hydrogen-bond acceptors (Lipinski definition) is 5. The molecule has 1 aromatic carbocycles. The van der Waals surface area contributed by atoms with Crippen molar-refractivity contribution >= 4 is 21.4 Å². The van der Waals surface area contributed by atoms with Crippen molar-refractivity contribution < 1.29 is 17.9 Å². The minimum atomic E-state index is -3.02. The van der Waals surface area contributed by atoms with E-state index >= 15 is 0 Å². The number of carbonyl (C=O) groups is 1. The van der Waals surface area contributed by atoms with Crippen molar-refractivity contribution in [1.82, 2.24) is 4.90 Å². The van der Waals surface area contributed by atoms with Crippen LogP contribution in [-0.4, -0.2) is 63.0 Å². The van der Waals surface area contributed by atoms with E-state index in [4.69, 9.17) is 4.74 Å². The smallest absolute Gasteiger partial charge is 0.242 e. The Kier molecular flexibility index (Phi) is 5.54. The van der Waals surface area contributed by atoms with Gasteiger partial charge in [-0.05, 0) is 43.7 Å². The molecule has 1 unspecified atom stereocenters. The lowest BCUT2D eigenvalue weighted by molar-refractivity contribution is -0.134. The average molecular weight is 407 g/mol. The highest BCUT2D eigenvalue weighted by Crippen LogP contribution is 2.36. The summed E-state index contributed by atoms with van der Waals surface area (Å²) in [5.74, 6) is 1.19. The van der Waals surface area contributed by atoms with Crippen LogP contribution in [0.2, 0.25) is 0 Å². The molecule has 1 saturated carbocycles. The van der Waals surface area contributed by atoms with E-state index < -0.39 is 9.84 Å². The van der Waals surface area contributed by atoms with Gasteiger partial charge in [-0.2, -0.15) is 0 Å². The van der Waals surface area contributed by atoms with Gasteiger partial charge in [0, 0.05) is 18.6 Å². The summed E-state index contributed by atoms with van der Waals surface area (Å²) in [6.45, 7) is 1.11. The van der Waals surface area contributed by atoms with Crippen LogP contribution in [0, 0.1) is 0 Å². The molecule has 1 saturated heterocycles. The largest absolute Gasteiger partial charge is 0.495 e. The van der Waals surface area contributed by atoms with Gasteiger partial charge in [-0.1, -0.05) is 25.0 Å². The van der Waals surface area contributed by atoms with Crippen molar-refractivity contribution in [3.05, 3.63) is 23.8 Å². The Morgan fingerprint density at radius 1 is 1.18 bits per heavy atom. The van der Waals surface area contributed by atoms with Gasteiger partial charge in [0.25, 0.3) is 0 Å². The summed E-state index contributed by atoms with van der Waals surface area (Å²) in [7, 11) is -1.36. The van der Waals surface area contributed by atoms with Crippen LogP contribution in [-0.2, 0) is 21.1 Å². The number of para-hydroxylation sites is 1. The third-order valence-corrected chi connectivity index (χ3v) is 8.18. The Hall–Kier alpha value is -1.76. The quantitative estimate of drug-likeness (QED) is 0.751. The van der Waals surface area contributed by atoms with Crippen LogP contribution in [0.3, 0.4) is 0 Å². The molecule has 7 heteroatoms. The molecule has 154 valence electrons. The van der Waals surface area contributed by atoms with Crippen molar-refractivity contribution in [2.45, 2.75) is 57.0 Å². The average Bonchev–Trinajstić information content (AvgIpc) is 3.31. The second kappa shape index (κ2) is 7.93. The number of amides is 1. The van der Waals surface area contributed by atoms with Crippen LogP contribution in [0.25, 0.3) is 0 Å². The van der Waals surface area contributed by atoms with Gasteiger partial charge in [-0.15, -0.1) is 0 Å². The fourth-order valence-electron chi connectivity index (χ4n) is 5.15. The summed E-state index contributed by atoms with van der Waals surface area (Å²) < 4.78 is 29.7. The Morgan fingerprint density at radius 3 is 2.64 bits per heavy atom. The first-order chi connectivity index (χ1) is 13.5. The predicted molar refractivity (Wildman–Crippen MR) is 110 cm³/mol. The molecule has 0 radical (unpaired) electrons. The molecule has 0 spiro atoms. The van der Waals surface area contributed by atoms with Gasteiger partial charge >= 0.3 is 0 Å². The molecule has 1 amide bonds. The van der Waals surface area contributed by atoms with Gasteiger partial charge in [0.1, 0.15) is 5.75 Å². The Bertz CT molecular complexity index is 819. The number of aryl methyl sites for hydroxylation is 1. The summed E-state index contributed by atoms with van der Waals surface area (Å²) in [6, 6.07) is 6.07. The fourth-order valence-corrected chi connectivity index (χ4v) is 6.86. The van der Waals surface area contributed by atoms with E-state index in [0.29, 0.717) is 13.0 Å². The van der Waals surface area contributed by atoms with E-state index in [2.05, 4.69) is 11.0 Å². The zero-order valence-electron chi connectivity index (χ0n) is 16.6. The molecule has 2 heterocycles. The minimum Gasteiger partial charge on any atom is -0.495 e. The van der Waals surface area contributed by atoms with E-state index in [0.717, 1.165) is 56.5 Å². The monoisotopic (exact) mass is 406 g/mol. The molecule has 0 N–H and O–H groups in total. The Morgan fingerprint density at radius 2 is 1.96 bits per heavy atom. The standard InChI is InChI=1S/C21H30N2O4S/c1-27-19-10-4-6-16-7-5-12-22(21(16)19)14-20(24)23(17-8-2-3-9-17)18-11-13-28(25,26)15-18/h4,6,10,17-18H,2-3,5,7-9,11-15H2,1H3. The van der Waals surface area contributed by atoms with Crippen LogP contribution in [0.1, 0.15) is 44.1 Å². The molecule has 4 rings (SSSR count). The molecular weight excluding hydrogens is 376 g/mol. The van der Waals surface area contributed by atoms with E-state index in [9.17, 15) is 13.2 Å². The lowest BCUT2D eigenvalue weighted by atomic mass is 10.0. The van der Waals surface area contributed by atoms with Crippen molar-refractivity contribution in [1.29, 1.82) is 0 Å². The number of benzene rings is 1. The maximum Gasteiger partial charge on any atom is 0.242 e. The molecule has 2 fully saturated rings. The van der Waals surface area contributed by atoms with E-state index in [1.165, 1.54) is 5.56 Å². The first-order valence-electron chi connectivity index (χ1n) is 10.4. The number of ether oxygens (including phenoxy) is 1. The summed E-state index contributed by atoms with van der Waals surface area (Å²) in [4.78, 5) is 17.5. The summed E-state index contributed by atoms with van der Waals surface area (Å²) >= 11 is 0. The van der Waals surface area contributed by atoms with Crippen LogP contribution in [0.5, 0.6) is 5.75 Å². The van der Waals surface area contributed by atoms with Crippen molar-refractivity contribution in [3.63, 3.8) is 0 Å². The second-order valence-corrected chi connectivity index (χ2v) is 10.5. The van der Waals surface area contributed by atoms with Crippen LogP contribution in [0.15, 0.2) is 18.2 Å². The summed E-state index contributed by atoms with van der Waals surface area (Å²) in [5.41, 5.74) is 2.24. The molecular formula is C21H30N2O4S. The van der Waals surface area contributed by atoms with E-state index in [1.54, 1.807) is 7.11 Å². The predicted octanol–water partition coefficient (Wildman–Crippen LogP) is 2.41. The fraction of sp³-hybridized carbons (Fsp3) is 0.667. The van der Waals surface area contributed by atoms with Crippen LogP contribution >= 0.6 is 0 Å².